The molecule has 1 aromatic carbocycles. The minimum absolute atomic E-state index is 0.149. The summed E-state index contributed by atoms with van der Waals surface area (Å²) in [6, 6.07) is 13.8. The number of hydrogen-bond acceptors (Lipinski definition) is 7. The van der Waals surface area contributed by atoms with Crippen LogP contribution in [-0.2, 0) is 4.79 Å². The molecule has 2 amide bonds. The van der Waals surface area contributed by atoms with Gasteiger partial charge in [-0.05, 0) is 56.4 Å². The fourth-order valence-electron chi connectivity index (χ4n) is 4.79. The van der Waals surface area contributed by atoms with Crippen LogP contribution in [0.4, 0.5) is 11.4 Å². The molecule has 36 heavy (non-hydrogen) atoms. The minimum Gasteiger partial charge on any atom is -0.370 e. The number of amides is 2. The van der Waals surface area contributed by atoms with Gasteiger partial charge in [0.05, 0.1) is 27.2 Å². The van der Waals surface area contributed by atoms with Crippen LogP contribution in [0.5, 0.6) is 0 Å². The molecule has 7 nitrogen and oxygen atoms in total. The van der Waals surface area contributed by atoms with Crippen molar-refractivity contribution >= 4 is 46.3 Å². The van der Waals surface area contributed by atoms with Crippen molar-refractivity contribution in [1.29, 1.82) is 0 Å². The molecule has 3 aromatic rings. The van der Waals surface area contributed by atoms with Crippen molar-refractivity contribution in [1.82, 2.24) is 14.9 Å². The molecule has 2 fully saturated rings. The highest BCUT2D eigenvalue weighted by atomic mass is 32.2. The number of anilines is 2. The lowest BCUT2D eigenvalue weighted by Crippen LogP contribution is -2.38. The second kappa shape index (κ2) is 11.9. The molecule has 5 rings (SSSR count). The Morgan fingerprint density at radius 2 is 1.78 bits per heavy atom. The maximum Gasteiger partial charge on any atom is 0.275 e. The number of pyridine rings is 1. The summed E-state index contributed by atoms with van der Waals surface area (Å²) in [6.07, 6.45) is 7.12. The van der Waals surface area contributed by atoms with Gasteiger partial charge in [0.1, 0.15) is 5.69 Å². The number of thioether (sulfide) groups is 1. The normalized spacial score (nSPS) is 16.7. The van der Waals surface area contributed by atoms with E-state index >= 15 is 0 Å². The molecule has 0 atom stereocenters. The maximum atomic E-state index is 13.0. The number of likely N-dealkylation sites (tertiary alicyclic amines) is 1. The zero-order valence-corrected chi connectivity index (χ0v) is 21.9. The largest absolute Gasteiger partial charge is 0.370 e. The third kappa shape index (κ3) is 6.07. The molecule has 0 unspecified atom stereocenters. The zero-order chi connectivity index (χ0) is 24.7. The summed E-state index contributed by atoms with van der Waals surface area (Å²) in [5.41, 5.74) is 2.39. The summed E-state index contributed by atoms with van der Waals surface area (Å²) in [7, 11) is 0. The Labute approximate surface area is 220 Å². The first-order valence-corrected chi connectivity index (χ1v) is 14.5. The predicted octanol–water partition coefficient (Wildman–Crippen LogP) is 5.28. The quantitative estimate of drug-likeness (QED) is 0.426. The van der Waals surface area contributed by atoms with Gasteiger partial charge in [0.25, 0.3) is 5.91 Å². The van der Waals surface area contributed by atoms with E-state index in [2.05, 4.69) is 21.3 Å². The molecule has 2 aliphatic rings. The predicted molar refractivity (Wildman–Crippen MR) is 146 cm³/mol. The molecule has 9 heteroatoms. The summed E-state index contributed by atoms with van der Waals surface area (Å²) in [5.74, 6) is 0.670. The third-order valence-corrected chi connectivity index (χ3v) is 8.72. The molecular weight excluding hydrogens is 490 g/mol. The fourth-order valence-corrected chi connectivity index (χ4v) is 6.53. The van der Waals surface area contributed by atoms with Crippen LogP contribution in [0.15, 0.2) is 59.1 Å². The van der Waals surface area contributed by atoms with Gasteiger partial charge in [-0.15, -0.1) is 11.3 Å². The SMILES string of the molecule is O=C(Nc1ccccc1N1CCCCC1)c1csc(C2CCN(C(=O)CSc3ccccn3)CC2)n1. The van der Waals surface area contributed by atoms with E-state index in [1.54, 1.807) is 17.5 Å². The van der Waals surface area contributed by atoms with Crippen LogP contribution in [0.2, 0.25) is 0 Å². The van der Waals surface area contributed by atoms with Crippen LogP contribution >= 0.6 is 23.1 Å². The Morgan fingerprint density at radius 3 is 2.56 bits per heavy atom. The first-order chi connectivity index (χ1) is 17.7. The number of carbonyl (C=O) groups is 2. The molecule has 0 spiro atoms. The first kappa shape index (κ1) is 24.8. The molecule has 0 aliphatic carbocycles. The summed E-state index contributed by atoms with van der Waals surface area (Å²) in [6.45, 7) is 3.49. The fraction of sp³-hybridized carbons (Fsp3) is 0.407. The van der Waals surface area contributed by atoms with E-state index in [9.17, 15) is 9.59 Å². The van der Waals surface area contributed by atoms with Gasteiger partial charge in [0.15, 0.2) is 0 Å². The average molecular weight is 522 g/mol. The Bertz CT molecular complexity index is 1170. The second-order valence-electron chi connectivity index (χ2n) is 9.20. The Kier molecular flexibility index (Phi) is 8.18. The Morgan fingerprint density at radius 1 is 1.00 bits per heavy atom. The first-order valence-electron chi connectivity index (χ1n) is 12.6. The van der Waals surface area contributed by atoms with E-state index < -0.39 is 0 Å². The number of benzene rings is 1. The van der Waals surface area contributed by atoms with Gasteiger partial charge in [0.2, 0.25) is 5.91 Å². The molecule has 0 bridgehead atoms. The standard InChI is InChI=1S/C27H31N5O2S2/c33-25(19-35-24-10-4-5-13-28-24)32-16-11-20(12-17-32)27-30-22(18-36-27)26(34)29-21-8-2-3-9-23(21)31-14-6-1-7-15-31/h2-5,8-10,13,18,20H,1,6-7,11-12,14-17,19H2,(H,29,34). The number of para-hydroxylation sites is 2. The highest BCUT2D eigenvalue weighted by Crippen LogP contribution is 2.32. The van der Waals surface area contributed by atoms with Crippen molar-refractivity contribution in [3.63, 3.8) is 0 Å². The summed E-state index contributed by atoms with van der Waals surface area (Å²) < 4.78 is 0. The molecular formula is C27H31N5O2S2. The summed E-state index contributed by atoms with van der Waals surface area (Å²) in [4.78, 5) is 38.9. The number of carbonyl (C=O) groups excluding carboxylic acids is 2. The lowest BCUT2D eigenvalue weighted by Gasteiger charge is -2.31. The Hall–Kier alpha value is -2.91. The summed E-state index contributed by atoms with van der Waals surface area (Å²) >= 11 is 3.02. The average Bonchev–Trinajstić information content (AvgIpc) is 3.44. The van der Waals surface area contributed by atoms with E-state index in [0.29, 0.717) is 11.4 Å². The van der Waals surface area contributed by atoms with Crippen molar-refractivity contribution in [2.45, 2.75) is 43.0 Å². The highest BCUT2D eigenvalue weighted by Gasteiger charge is 2.26. The molecule has 1 N–H and O–H groups in total. The van der Waals surface area contributed by atoms with Crippen LogP contribution in [0.1, 0.15) is 53.5 Å². The van der Waals surface area contributed by atoms with Gasteiger partial charge in [-0.1, -0.05) is 30.0 Å². The molecule has 2 aromatic heterocycles. The van der Waals surface area contributed by atoms with Gasteiger partial charge < -0.3 is 15.1 Å². The van der Waals surface area contributed by atoms with Crippen molar-refractivity contribution in [2.75, 3.05) is 42.1 Å². The molecule has 0 saturated carbocycles. The number of hydrogen-bond donors (Lipinski definition) is 1. The van der Waals surface area contributed by atoms with Gasteiger partial charge in [-0.25, -0.2) is 9.97 Å². The van der Waals surface area contributed by atoms with E-state index in [1.165, 1.54) is 31.0 Å². The number of nitrogens with zero attached hydrogens (tertiary/aromatic N) is 4. The number of thiazole rings is 1. The van der Waals surface area contributed by atoms with E-state index in [0.717, 1.165) is 60.4 Å². The number of rotatable bonds is 7. The molecule has 0 radical (unpaired) electrons. The van der Waals surface area contributed by atoms with Crippen molar-refractivity contribution in [3.05, 3.63) is 64.7 Å². The smallest absolute Gasteiger partial charge is 0.275 e. The van der Waals surface area contributed by atoms with Gasteiger partial charge in [-0.3, -0.25) is 9.59 Å². The van der Waals surface area contributed by atoms with E-state index in [1.807, 2.05) is 46.7 Å². The maximum absolute atomic E-state index is 13.0. The third-order valence-electron chi connectivity index (χ3n) is 6.78. The van der Waals surface area contributed by atoms with Gasteiger partial charge >= 0.3 is 0 Å². The van der Waals surface area contributed by atoms with Crippen molar-refractivity contribution in [2.24, 2.45) is 0 Å². The second-order valence-corrected chi connectivity index (χ2v) is 11.1. The Balaban J connectivity index is 1.14. The lowest BCUT2D eigenvalue weighted by atomic mass is 9.97. The van der Waals surface area contributed by atoms with Gasteiger partial charge in [-0.2, -0.15) is 0 Å². The van der Waals surface area contributed by atoms with Crippen LogP contribution in [0, 0.1) is 0 Å². The topological polar surface area (TPSA) is 78.4 Å². The minimum atomic E-state index is -0.166. The highest BCUT2D eigenvalue weighted by molar-refractivity contribution is 7.99. The zero-order valence-electron chi connectivity index (χ0n) is 20.3. The summed E-state index contributed by atoms with van der Waals surface area (Å²) in [5, 5.41) is 6.80. The molecule has 2 aliphatic heterocycles. The monoisotopic (exact) mass is 521 g/mol. The molecule has 4 heterocycles. The number of aromatic nitrogens is 2. The van der Waals surface area contributed by atoms with E-state index in [-0.39, 0.29) is 17.7 Å². The van der Waals surface area contributed by atoms with Crippen LogP contribution in [0.25, 0.3) is 0 Å². The molecule has 2 saturated heterocycles. The van der Waals surface area contributed by atoms with Crippen molar-refractivity contribution in [3.8, 4) is 0 Å². The number of piperidine rings is 2. The van der Waals surface area contributed by atoms with Gasteiger partial charge in [0, 0.05) is 43.7 Å². The van der Waals surface area contributed by atoms with Crippen LogP contribution < -0.4 is 10.2 Å². The van der Waals surface area contributed by atoms with Crippen LogP contribution in [-0.4, -0.2) is 58.6 Å². The van der Waals surface area contributed by atoms with E-state index in [4.69, 9.17) is 4.98 Å². The number of nitrogens with one attached hydrogen (secondary N) is 1. The van der Waals surface area contributed by atoms with Crippen molar-refractivity contribution < 1.29 is 9.59 Å². The lowest BCUT2D eigenvalue weighted by molar-refractivity contribution is -0.129. The van der Waals surface area contributed by atoms with Crippen LogP contribution in [0.3, 0.4) is 0 Å². The molecule has 188 valence electrons.